The number of benzene rings is 1. The van der Waals surface area contributed by atoms with Gasteiger partial charge in [-0.15, -0.1) is 0 Å². The monoisotopic (exact) mass is 372 g/mol. The summed E-state index contributed by atoms with van der Waals surface area (Å²) in [5.74, 6) is 2.09. The van der Waals surface area contributed by atoms with Gasteiger partial charge in [0.2, 0.25) is 5.91 Å². The number of methoxy groups -OCH3 is 2. The third-order valence-corrected chi connectivity index (χ3v) is 5.10. The first-order valence-corrected chi connectivity index (χ1v) is 9.58. The number of nitrogens with zero attached hydrogens (tertiary/aromatic N) is 2. The van der Waals surface area contributed by atoms with Crippen molar-refractivity contribution in [1.29, 1.82) is 0 Å². The molecule has 1 saturated carbocycles. The Kier molecular flexibility index (Phi) is 5.73. The second kappa shape index (κ2) is 8.03. The van der Waals surface area contributed by atoms with E-state index in [0.29, 0.717) is 17.3 Å². The Morgan fingerprint density at radius 3 is 2.33 bits per heavy atom. The fraction of sp³-hybridized carbons (Fsp3) is 0.524. The van der Waals surface area contributed by atoms with Gasteiger partial charge in [0, 0.05) is 24.7 Å². The average molecular weight is 372 g/mol. The molecule has 6 nitrogen and oxygen atoms in total. The predicted octanol–water partition coefficient (Wildman–Crippen LogP) is 4.04. The number of ether oxygens (including phenoxy) is 2. The summed E-state index contributed by atoms with van der Waals surface area (Å²) in [5.41, 5.74) is 1.06. The number of carbonyl (C=O) groups is 1. The van der Waals surface area contributed by atoms with Gasteiger partial charge in [-0.1, -0.05) is 19.0 Å². The van der Waals surface area contributed by atoms with E-state index in [2.05, 4.69) is 19.0 Å². The second-order valence-corrected chi connectivity index (χ2v) is 7.02. The minimum atomic E-state index is -0.511. The lowest BCUT2D eigenvalue weighted by molar-refractivity contribution is -0.134. The maximum atomic E-state index is 13.1. The van der Waals surface area contributed by atoms with Crippen LogP contribution in [0.1, 0.15) is 45.2 Å². The summed E-state index contributed by atoms with van der Waals surface area (Å²) in [6, 6.07) is 7.47. The lowest BCUT2D eigenvalue weighted by Gasteiger charge is -2.25. The summed E-state index contributed by atoms with van der Waals surface area (Å²) in [7, 11) is 3.20. The van der Waals surface area contributed by atoms with Crippen molar-refractivity contribution in [1.82, 2.24) is 10.1 Å². The highest BCUT2D eigenvalue weighted by Gasteiger charge is 2.55. The molecule has 0 N–H and O–H groups in total. The second-order valence-electron chi connectivity index (χ2n) is 7.02. The van der Waals surface area contributed by atoms with Crippen LogP contribution in [0.25, 0.3) is 11.3 Å². The fourth-order valence-electron chi connectivity index (χ4n) is 3.49. The molecule has 0 bridgehead atoms. The van der Waals surface area contributed by atoms with Gasteiger partial charge in [-0.25, -0.2) is 0 Å². The van der Waals surface area contributed by atoms with Crippen molar-refractivity contribution in [3.63, 3.8) is 0 Å². The van der Waals surface area contributed by atoms with Crippen molar-refractivity contribution in [3.8, 4) is 22.8 Å². The number of carbonyl (C=O) groups excluding carboxylic acids is 1. The molecule has 1 amide bonds. The van der Waals surface area contributed by atoms with Crippen LogP contribution in [0.5, 0.6) is 11.5 Å². The number of hydrogen-bond acceptors (Lipinski definition) is 5. The van der Waals surface area contributed by atoms with Crippen LogP contribution in [0.2, 0.25) is 0 Å². The minimum Gasteiger partial charge on any atom is -0.493 e. The Labute approximate surface area is 160 Å². The SMILES string of the molecule is CCCN(CCC)C(=O)C1(c2cc(-c3ccc(OC)c(OC)c3)on2)CC1. The maximum Gasteiger partial charge on any atom is 0.234 e. The van der Waals surface area contributed by atoms with E-state index in [4.69, 9.17) is 14.0 Å². The quantitative estimate of drug-likeness (QED) is 0.665. The molecule has 0 radical (unpaired) electrons. The van der Waals surface area contributed by atoms with Crippen LogP contribution >= 0.6 is 0 Å². The molecule has 2 aromatic rings. The summed E-state index contributed by atoms with van der Waals surface area (Å²) in [6.45, 7) is 5.77. The first kappa shape index (κ1) is 19.3. The Morgan fingerprint density at radius 2 is 1.78 bits per heavy atom. The van der Waals surface area contributed by atoms with Crippen LogP contribution in [0.15, 0.2) is 28.8 Å². The first-order chi connectivity index (χ1) is 13.1. The van der Waals surface area contributed by atoms with Gasteiger partial charge in [0.1, 0.15) is 0 Å². The molecule has 1 aliphatic rings. The summed E-state index contributed by atoms with van der Waals surface area (Å²) < 4.78 is 16.2. The van der Waals surface area contributed by atoms with Crippen molar-refractivity contribution < 1.29 is 18.8 Å². The third kappa shape index (κ3) is 3.66. The van der Waals surface area contributed by atoms with E-state index in [1.807, 2.05) is 29.2 Å². The van der Waals surface area contributed by atoms with Gasteiger partial charge in [0.25, 0.3) is 0 Å². The highest BCUT2D eigenvalue weighted by Crippen LogP contribution is 2.50. The van der Waals surface area contributed by atoms with Crippen LogP contribution in [0.3, 0.4) is 0 Å². The van der Waals surface area contributed by atoms with E-state index in [1.54, 1.807) is 14.2 Å². The topological polar surface area (TPSA) is 64.8 Å². The smallest absolute Gasteiger partial charge is 0.234 e. The zero-order valence-corrected chi connectivity index (χ0v) is 16.6. The largest absolute Gasteiger partial charge is 0.493 e. The molecule has 0 atom stereocenters. The Balaban J connectivity index is 1.86. The zero-order valence-electron chi connectivity index (χ0n) is 16.6. The van der Waals surface area contributed by atoms with Crippen LogP contribution < -0.4 is 9.47 Å². The summed E-state index contributed by atoms with van der Waals surface area (Å²) in [5, 5.41) is 4.25. The van der Waals surface area contributed by atoms with Crippen molar-refractivity contribution in [3.05, 3.63) is 30.0 Å². The molecule has 1 fully saturated rings. The first-order valence-electron chi connectivity index (χ1n) is 9.58. The normalized spacial score (nSPS) is 14.7. The fourth-order valence-corrected chi connectivity index (χ4v) is 3.49. The highest BCUT2D eigenvalue weighted by molar-refractivity contribution is 5.91. The third-order valence-electron chi connectivity index (χ3n) is 5.10. The zero-order chi connectivity index (χ0) is 19.4. The standard InChI is InChI=1S/C21H28N2O4/c1-5-11-23(12-6-2)20(24)21(9-10-21)19-14-17(27-22-19)15-7-8-16(25-3)18(13-15)26-4/h7-8,13-14H,5-6,9-12H2,1-4H3. The van der Waals surface area contributed by atoms with E-state index in [-0.39, 0.29) is 5.91 Å². The van der Waals surface area contributed by atoms with Gasteiger partial charge in [-0.2, -0.15) is 0 Å². The summed E-state index contributed by atoms with van der Waals surface area (Å²) in [6.07, 6.45) is 3.57. The van der Waals surface area contributed by atoms with Crippen molar-refractivity contribution in [2.45, 2.75) is 44.9 Å². The molecule has 3 rings (SSSR count). The molecule has 146 valence electrons. The lowest BCUT2D eigenvalue weighted by atomic mass is 9.99. The van der Waals surface area contributed by atoms with Crippen LogP contribution in [0.4, 0.5) is 0 Å². The van der Waals surface area contributed by atoms with E-state index < -0.39 is 5.41 Å². The van der Waals surface area contributed by atoms with E-state index in [0.717, 1.165) is 50.0 Å². The van der Waals surface area contributed by atoms with Gasteiger partial charge in [-0.05, 0) is 43.9 Å². The van der Waals surface area contributed by atoms with E-state index in [9.17, 15) is 4.79 Å². The Hall–Kier alpha value is -2.50. The van der Waals surface area contributed by atoms with Gasteiger partial charge in [0.15, 0.2) is 17.3 Å². The van der Waals surface area contributed by atoms with E-state index >= 15 is 0 Å². The van der Waals surface area contributed by atoms with Crippen molar-refractivity contribution in [2.75, 3.05) is 27.3 Å². The van der Waals surface area contributed by atoms with Crippen molar-refractivity contribution in [2.24, 2.45) is 0 Å². The highest BCUT2D eigenvalue weighted by atomic mass is 16.5. The number of rotatable bonds is 9. The predicted molar refractivity (Wildman–Crippen MR) is 103 cm³/mol. The van der Waals surface area contributed by atoms with Crippen LogP contribution in [-0.4, -0.2) is 43.3 Å². The van der Waals surface area contributed by atoms with Gasteiger partial charge in [0.05, 0.1) is 25.3 Å². The molecule has 1 aromatic carbocycles. The van der Waals surface area contributed by atoms with Crippen LogP contribution in [-0.2, 0) is 10.2 Å². The minimum absolute atomic E-state index is 0.179. The molecule has 0 spiro atoms. The Bertz CT molecular complexity index is 789. The van der Waals surface area contributed by atoms with Crippen molar-refractivity contribution >= 4 is 5.91 Å². The molecular formula is C21H28N2O4. The molecule has 27 heavy (non-hydrogen) atoms. The molecule has 0 saturated heterocycles. The van der Waals surface area contributed by atoms with E-state index in [1.165, 1.54) is 0 Å². The van der Waals surface area contributed by atoms with Crippen LogP contribution in [0, 0.1) is 0 Å². The molecule has 0 unspecified atom stereocenters. The number of hydrogen-bond donors (Lipinski definition) is 0. The van der Waals surface area contributed by atoms with Gasteiger partial charge >= 0.3 is 0 Å². The Morgan fingerprint density at radius 1 is 1.11 bits per heavy atom. The summed E-state index contributed by atoms with van der Waals surface area (Å²) >= 11 is 0. The lowest BCUT2D eigenvalue weighted by Crippen LogP contribution is -2.40. The molecule has 1 aromatic heterocycles. The molecule has 0 aliphatic heterocycles. The number of aromatic nitrogens is 1. The molecule has 1 aliphatic carbocycles. The van der Waals surface area contributed by atoms with Gasteiger partial charge < -0.3 is 18.9 Å². The molecular weight excluding hydrogens is 344 g/mol. The molecule has 6 heteroatoms. The number of amides is 1. The van der Waals surface area contributed by atoms with Gasteiger partial charge in [-0.3, -0.25) is 4.79 Å². The molecule has 1 heterocycles. The average Bonchev–Trinajstić information content (AvgIpc) is 3.36. The summed E-state index contributed by atoms with van der Waals surface area (Å²) in [4.78, 5) is 15.1. The maximum absolute atomic E-state index is 13.1.